The Hall–Kier alpha value is -0.0800. The van der Waals surface area contributed by atoms with E-state index in [1.54, 1.807) is 0 Å². The maximum absolute atomic E-state index is 3.57. The van der Waals surface area contributed by atoms with Crippen molar-refractivity contribution in [3.8, 4) is 0 Å². The standard InChI is InChI=1S/C16H32N2/c1-4-13-6-7-16(17-3)15(10-13)12-18-9-8-14(5-2)11-18/h13-17H,4-12H2,1-3H3. The van der Waals surface area contributed by atoms with E-state index in [4.69, 9.17) is 0 Å². The molecule has 2 nitrogen and oxygen atoms in total. The van der Waals surface area contributed by atoms with Gasteiger partial charge >= 0.3 is 0 Å². The van der Waals surface area contributed by atoms with Crippen LogP contribution in [0.1, 0.15) is 52.4 Å². The quantitative estimate of drug-likeness (QED) is 0.809. The largest absolute Gasteiger partial charge is 0.317 e. The lowest BCUT2D eigenvalue weighted by Gasteiger charge is -2.38. The number of hydrogen-bond acceptors (Lipinski definition) is 2. The number of hydrogen-bond donors (Lipinski definition) is 1. The molecule has 18 heavy (non-hydrogen) atoms. The van der Waals surface area contributed by atoms with Gasteiger partial charge in [-0.2, -0.15) is 0 Å². The number of nitrogens with one attached hydrogen (secondary N) is 1. The van der Waals surface area contributed by atoms with E-state index in [-0.39, 0.29) is 0 Å². The lowest BCUT2D eigenvalue weighted by atomic mass is 9.76. The van der Waals surface area contributed by atoms with Crippen LogP contribution in [0.3, 0.4) is 0 Å². The molecule has 1 saturated heterocycles. The SMILES string of the molecule is CCC1CCC(NC)C(CN2CCC(CC)C2)C1. The summed E-state index contributed by atoms with van der Waals surface area (Å²) in [7, 11) is 2.16. The van der Waals surface area contributed by atoms with Crippen molar-refractivity contribution in [3.05, 3.63) is 0 Å². The highest BCUT2D eigenvalue weighted by molar-refractivity contribution is 4.87. The fourth-order valence-corrected chi connectivity index (χ4v) is 4.06. The van der Waals surface area contributed by atoms with E-state index in [0.29, 0.717) is 0 Å². The minimum absolute atomic E-state index is 0.772. The van der Waals surface area contributed by atoms with E-state index in [0.717, 1.165) is 23.8 Å². The highest BCUT2D eigenvalue weighted by Gasteiger charge is 2.31. The number of likely N-dealkylation sites (tertiary alicyclic amines) is 1. The average Bonchev–Trinajstić information content (AvgIpc) is 2.86. The number of rotatable bonds is 5. The van der Waals surface area contributed by atoms with Gasteiger partial charge in [0.05, 0.1) is 0 Å². The Bertz CT molecular complexity index is 241. The summed E-state index contributed by atoms with van der Waals surface area (Å²) in [5, 5.41) is 3.57. The van der Waals surface area contributed by atoms with Gasteiger partial charge in [-0.3, -0.25) is 0 Å². The van der Waals surface area contributed by atoms with Crippen molar-refractivity contribution >= 4 is 0 Å². The first-order valence-corrected chi connectivity index (χ1v) is 8.16. The molecule has 106 valence electrons. The fourth-order valence-electron chi connectivity index (χ4n) is 4.06. The third-order valence-corrected chi connectivity index (χ3v) is 5.48. The first kappa shape index (κ1) is 14.3. The second-order valence-electron chi connectivity index (χ2n) is 6.57. The maximum atomic E-state index is 3.57. The van der Waals surface area contributed by atoms with E-state index < -0.39 is 0 Å². The molecule has 1 heterocycles. The van der Waals surface area contributed by atoms with Crippen LogP contribution < -0.4 is 5.32 Å². The van der Waals surface area contributed by atoms with E-state index in [1.165, 1.54) is 58.2 Å². The summed E-state index contributed by atoms with van der Waals surface area (Å²) in [5.41, 5.74) is 0. The highest BCUT2D eigenvalue weighted by Crippen LogP contribution is 2.33. The van der Waals surface area contributed by atoms with Gasteiger partial charge in [0.1, 0.15) is 0 Å². The smallest absolute Gasteiger partial charge is 0.0105 e. The molecule has 0 aromatic heterocycles. The Morgan fingerprint density at radius 3 is 2.44 bits per heavy atom. The van der Waals surface area contributed by atoms with E-state index in [1.807, 2.05) is 0 Å². The van der Waals surface area contributed by atoms with Gasteiger partial charge in [-0.25, -0.2) is 0 Å². The van der Waals surface area contributed by atoms with Crippen molar-refractivity contribution < 1.29 is 0 Å². The summed E-state index contributed by atoms with van der Waals surface area (Å²) in [5.74, 6) is 2.86. The van der Waals surface area contributed by atoms with E-state index >= 15 is 0 Å². The number of nitrogens with zero attached hydrogens (tertiary/aromatic N) is 1. The van der Waals surface area contributed by atoms with Crippen LogP contribution in [0.25, 0.3) is 0 Å². The Balaban J connectivity index is 1.85. The first-order chi connectivity index (χ1) is 8.76. The van der Waals surface area contributed by atoms with Gasteiger partial charge in [-0.05, 0) is 57.0 Å². The maximum Gasteiger partial charge on any atom is 0.0105 e. The molecule has 0 amide bonds. The molecule has 1 N–H and O–H groups in total. The second-order valence-corrected chi connectivity index (χ2v) is 6.57. The van der Waals surface area contributed by atoms with Crippen molar-refractivity contribution in [3.63, 3.8) is 0 Å². The van der Waals surface area contributed by atoms with Crippen molar-refractivity contribution in [1.82, 2.24) is 10.2 Å². The summed E-state index contributed by atoms with van der Waals surface area (Å²) in [6, 6.07) is 0.772. The lowest BCUT2D eigenvalue weighted by molar-refractivity contribution is 0.153. The third kappa shape index (κ3) is 3.48. The Kier molecular flexibility index (Phi) is 5.50. The third-order valence-electron chi connectivity index (χ3n) is 5.48. The molecule has 4 unspecified atom stereocenters. The summed E-state index contributed by atoms with van der Waals surface area (Å²) in [6.45, 7) is 8.77. The van der Waals surface area contributed by atoms with Crippen LogP contribution in [0.4, 0.5) is 0 Å². The molecule has 2 rings (SSSR count). The first-order valence-electron chi connectivity index (χ1n) is 8.16. The van der Waals surface area contributed by atoms with Crippen LogP contribution in [-0.2, 0) is 0 Å². The van der Waals surface area contributed by atoms with Gasteiger partial charge in [0.15, 0.2) is 0 Å². The molecular formula is C16H32N2. The van der Waals surface area contributed by atoms with Gasteiger partial charge < -0.3 is 10.2 Å². The molecule has 1 saturated carbocycles. The van der Waals surface area contributed by atoms with Crippen LogP contribution in [0.2, 0.25) is 0 Å². The Morgan fingerprint density at radius 1 is 1.06 bits per heavy atom. The van der Waals surface area contributed by atoms with Gasteiger partial charge in [0.25, 0.3) is 0 Å². The molecule has 0 spiro atoms. The predicted octanol–water partition coefficient (Wildman–Crippen LogP) is 3.13. The predicted molar refractivity (Wildman–Crippen MR) is 78.8 cm³/mol. The molecule has 2 fully saturated rings. The van der Waals surface area contributed by atoms with Crippen molar-refractivity contribution in [1.29, 1.82) is 0 Å². The van der Waals surface area contributed by atoms with E-state index in [2.05, 4.69) is 31.1 Å². The summed E-state index contributed by atoms with van der Waals surface area (Å²) >= 11 is 0. The van der Waals surface area contributed by atoms with Crippen LogP contribution in [-0.4, -0.2) is 37.6 Å². The molecule has 1 aliphatic heterocycles. The summed E-state index contributed by atoms with van der Waals surface area (Å²) < 4.78 is 0. The average molecular weight is 252 g/mol. The lowest BCUT2D eigenvalue weighted by Crippen LogP contribution is -2.44. The van der Waals surface area contributed by atoms with Crippen molar-refractivity contribution in [2.45, 2.75) is 58.4 Å². The van der Waals surface area contributed by atoms with E-state index in [9.17, 15) is 0 Å². The molecule has 0 bridgehead atoms. The summed E-state index contributed by atoms with van der Waals surface area (Å²) in [4.78, 5) is 2.74. The normalized spacial score (nSPS) is 38.2. The van der Waals surface area contributed by atoms with Gasteiger partial charge in [0.2, 0.25) is 0 Å². The molecule has 0 radical (unpaired) electrons. The van der Waals surface area contributed by atoms with Gasteiger partial charge in [0, 0.05) is 19.1 Å². The van der Waals surface area contributed by atoms with Crippen LogP contribution in [0.5, 0.6) is 0 Å². The summed E-state index contributed by atoms with van der Waals surface area (Å²) in [6.07, 6.45) is 8.47. The molecule has 1 aliphatic carbocycles. The zero-order valence-electron chi connectivity index (χ0n) is 12.6. The molecule has 2 aliphatic rings. The van der Waals surface area contributed by atoms with Gasteiger partial charge in [-0.15, -0.1) is 0 Å². The topological polar surface area (TPSA) is 15.3 Å². The monoisotopic (exact) mass is 252 g/mol. The van der Waals surface area contributed by atoms with Crippen molar-refractivity contribution in [2.24, 2.45) is 17.8 Å². The van der Waals surface area contributed by atoms with Crippen LogP contribution >= 0.6 is 0 Å². The Labute approximate surface area is 114 Å². The zero-order valence-corrected chi connectivity index (χ0v) is 12.6. The molecule has 4 atom stereocenters. The minimum Gasteiger partial charge on any atom is -0.317 e. The molecule has 0 aromatic carbocycles. The highest BCUT2D eigenvalue weighted by atomic mass is 15.1. The van der Waals surface area contributed by atoms with Crippen LogP contribution in [0, 0.1) is 17.8 Å². The van der Waals surface area contributed by atoms with Gasteiger partial charge in [-0.1, -0.05) is 26.7 Å². The van der Waals surface area contributed by atoms with Crippen LogP contribution in [0.15, 0.2) is 0 Å². The second kappa shape index (κ2) is 6.91. The molecule has 2 heteroatoms. The molecular weight excluding hydrogens is 220 g/mol. The molecule has 0 aromatic rings. The Morgan fingerprint density at radius 2 is 1.83 bits per heavy atom. The minimum atomic E-state index is 0.772. The fraction of sp³-hybridized carbons (Fsp3) is 1.00. The van der Waals surface area contributed by atoms with Crippen molar-refractivity contribution in [2.75, 3.05) is 26.7 Å². The zero-order chi connectivity index (χ0) is 13.0.